The Balaban J connectivity index is 1.68. The number of sulfonamides is 1. The number of amides is 1. The van der Waals surface area contributed by atoms with Crippen molar-refractivity contribution in [3.05, 3.63) is 40.1 Å². The summed E-state index contributed by atoms with van der Waals surface area (Å²) in [5.74, 6) is -1.01. The first-order valence-corrected chi connectivity index (χ1v) is 13.6. The molecule has 2 aromatic rings. The quantitative estimate of drug-likeness (QED) is 0.615. The van der Waals surface area contributed by atoms with E-state index in [1.807, 2.05) is 0 Å². The van der Waals surface area contributed by atoms with E-state index < -0.39 is 21.9 Å². The van der Waals surface area contributed by atoms with Crippen LogP contribution >= 0.6 is 11.3 Å². The fraction of sp³-hybridized carbons (Fsp3) is 0.478. The standard InChI is InChI=1S/C23H29N3O5S2/c1-31-23(28)21-18(10-15-32-21)24-22(27)17-8-9-19(25-11-4-2-5-12-25)20(16-17)33(29,30)26-13-6-3-7-14-26/h8-10,15-16H,2-7,11-14H2,1H3,(H,24,27). The van der Waals surface area contributed by atoms with E-state index in [0.29, 0.717) is 24.5 Å². The zero-order chi connectivity index (χ0) is 23.4. The number of benzene rings is 1. The maximum Gasteiger partial charge on any atom is 0.350 e. The molecule has 0 saturated carbocycles. The third-order valence-electron chi connectivity index (χ3n) is 6.14. The van der Waals surface area contributed by atoms with Crippen LogP contribution in [0.15, 0.2) is 34.5 Å². The van der Waals surface area contributed by atoms with Crippen LogP contribution in [-0.2, 0) is 14.8 Å². The molecule has 0 bridgehead atoms. The molecular weight excluding hydrogens is 462 g/mol. The van der Waals surface area contributed by atoms with Crippen molar-refractivity contribution in [1.29, 1.82) is 0 Å². The Morgan fingerprint density at radius 3 is 2.30 bits per heavy atom. The summed E-state index contributed by atoms with van der Waals surface area (Å²) < 4.78 is 33.6. The van der Waals surface area contributed by atoms with Crippen LogP contribution in [0.2, 0.25) is 0 Å². The van der Waals surface area contributed by atoms with E-state index in [0.717, 1.165) is 51.6 Å². The van der Waals surface area contributed by atoms with Crippen molar-refractivity contribution in [2.45, 2.75) is 43.4 Å². The van der Waals surface area contributed by atoms with Crippen LogP contribution in [0.4, 0.5) is 11.4 Å². The number of methoxy groups -OCH3 is 1. The Morgan fingerprint density at radius 2 is 1.64 bits per heavy atom. The van der Waals surface area contributed by atoms with Crippen molar-refractivity contribution >= 4 is 44.6 Å². The summed E-state index contributed by atoms with van der Waals surface area (Å²) in [6.07, 6.45) is 5.87. The Hall–Kier alpha value is -2.43. The lowest BCUT2D eigenvalue weighted by molar-refractivity contribution is 0.0607. The summed E-state index contributed by atoms with van der Waals surface area (Å²) in [5.41, 5.74) is 1.23. The number of thiophene rings is 1. The first-order chi connectivity index (χ1) is 15.9. The van der Waals surface area contributed by atoms with Gasteiger partial charge in [-0.2, -0.15) is 4.31 Å². The van der Waals surface area contributed by atoms with Crippen molar-refractivity contribution in [1.82, 2.24) is 4.31 Å². The van der Waals surface area contributed by atoms with E-state index in [1.165, 1.54) is 28.8 Å². The molecule has 10 heteroatoms. The Bertz CT molecular complexity index is 1120. The highest BCUT2D eigenvalue weighted by Crippen LogP contribution is 2.33. The van der Waals surface area contributed by atoms with Crippen LogP contribution in [0.5, 0.6) is 0 Å². The van der Waals surface area contributed by atoms with Gasteiger partial charge in [0.15, 0.2) is 0 Å². The van der Waals surface area contributed by atoms with Crippen LogP contribution in [-0.4, -0.2) is 57.9 Å². The third kappa shape index (κ3) is 5.07. The molecule has 2 fully saturated rings. The molecule has 0 spiro atoms. The van der Waals surface area contributed by atoms with Crippen molar-refractivity contribution in [3.8, 4) is 0 Å². The molecule has 2 saturated heterocycles. The van der Waals surface area contributed by atoms with Crippen LogP contribution in [0.25, 0.3) is 0 Å². The lowest BCUT2D eigenvalue weighted by Crippen LogP contribution is -2.37. The van der Waals surface area contributed by atoms with Crippen LogP contribution in [0.3, 0.4) is 0 Å². The number of anilines is 2. The predicted octanol–water partition coefficient (Wildman–Crippen LogP) is 3.95. The molecule has 2 aliphatic rings. The molecule has 0 atom stereocenters. The average molecular weight is 492 g/mol. The molecule has 33 heavy (non-hydrogen) atoms. The molecule has 0 radical (unpaired) electrons. The summed E-state index contributed by atoms with van der Waals surface area (Å²) in [6, 6.07) is 6.50. The maximum absolute atomic E-state index is 13.6. The molecule has 1 aromatic carbocycles. The monoisotopic (exact) mass is 491 g/mol. The fourth-order valence-corrected chi connectivity index (χ4v) is 6.88. The van der Waals surface area contributed by atoms with Gasteiger partial charge in [0, 0.05) is 31.7 Å². The highest BCUT2D eigenvalue weighted by atomic mass is 32.2. The van der Waals surface area contributed by atoms with Crippen molar-refractivity contribution < 1.29 is 22.7 Å². The molecule has 0 unspecified atom stereocenters. The summed E-state index contributed by atoms with van der Waals surface area (Å²) in [6.45, 7) is 2.59. The van der Waals surface area contributed by atoms with Gasteiger partial charge in [-0.25, -0.2) is 13.2 Å². The summed E-state index contributed by atoms with van der Waals surface area (Å²) >= 11 is 1.17. The lowest BCUT2D eigenvalue weighted by Gasteiger charge is -2.33. The molecule has 0 aliphatic carbocycles. The average Bonchev–Trinajstić information content (AvgIpc) is 3.32. The minimum absolute atomic E-state index is 0.178. The Morgan fingerprint density at radius 1 is 0.970 bits per heavy atom. The number of hydrogen-bond acceptors (Lipinski definition) is 7. The van der Waals surface area contributed by atoms with Gasteiger partial charge in [0.1, 0.15) is 9.77 Å². The molecule has 3 heterocycles. The largest absolute Gasteiger partial charge is 0.465 e. The minimum atomic E-state index is -3.75. The maximum atomic E-state index is 13.6. The minimum Gasteiger partial charge on any atom is -0.465 e. The molecule has 8 nitrogen and oxygen atoms in total. The molecule has 1 aromatic heterocycles. The van der Waals surface area contributed by atoms with Crippen LogP contribution in [0, 0.1) is 0 Å². The fourth-order valence-electron chi connectivity index (χ4n) is 4.36. The van der Waals surface area contributed by atoms with Crippen molar-refractivity contribution in [2.75, 3.05) is 43.5 Å². The highest BCUT2D eigenvalue weighted by Gasteiger charge is 2.31. The van der Waals surface area contributed by atoms with Gasteiger partial charge in [-0.15, -0.1) is 11.3 Å². The van der Waals surface area contributed by atoms with Gasteiger partial charge >= 0.3 is 5.97 Å². The second kappa shape index (κ2) is 10.2. The van der Waals surface area contributed by atoms with Crippen LogP contribution in [0.1, 0.15) is 58.6 Å². The van der Waals surface area contributed by atoms with E-state index >= 15 is 0 Å². The van der Waals surface area contributed by atoms with Gasteiger partial charge in [-0.05, 0) is 61.7 Å². The van der Waals surface area contributed by atoms with Gasteiger partial charge in [-0.1, -0.05) is 6.42 Å². The van der Waals surface area contributed by atoms with Crippen molar-refractivity contribution in [2.24, 2.45) is 0 Å². The Kier molecular flexibility index (Phi) is 7.35. The number of nitrogens with one attached hydrogen (secondary N) is 1. The number of rotatable bonds is 6. The van der Waals surface area contributed by atoms with E-state index in [1.54, 1.807) is 23.6 Å². The number of piperidine rings is 2. The first kappa shape index (κ1) is 23.7. The van der Waals surface area contributed by atoms with Gasteiger partial charge in [0.2, 0.25) is 10.0 Å². The lowest BCUT2D eigenvalue weighted by atomic mass is 10.1. The topological polar surface area (TPSA) is 96.0 Å². The zero-order valence-corrected chi connectivity index (χ0v) is 20.3. The summed E-state index contributed by atoms with van der Waals surface area (Å²) in [4.78, 5) is 27.6. The van der Waals surface area contributed by atoms with E-state index in [4.69, 9.17) is 4.74 Å². The smallest absolute Gasteiger partial charge is 0.350 e. The summed E-state index contributed by atoms with van der Waals surface area (Å²) in [5, 5.41) is 4.42. The predicted molar refractivity (Wildman–Crippen MR) is 129 cm³/mol. The van der Waals surface area contributed by atoms with Gasteiger partial charge in [-0.3, -0.25) is 4.79 Å². The molecule has 1 amide bonds. The molecule has 178 valence electrons. The molecule has 2 aliphatic heterocycles. The van der Waals surface area contributed by atoms with Gasteiger partial charge < -0.3 is 15.0 Å². The first-order valence-electron chi connectivity index (χ1n) is 11.3. The van der Waals surface area contributed by atoms with Gasteiger partial charge in [0.25, 0.3) is 5.91 Å². The second-order valence-electron chi connectivity index (χ2n) is 8.30. The van der Waals surface area contributed by atoms with E-state index in [-0.39, 0.29) is 15.3 Å². The second-order valence-corrected chi connectivity index (χ2v) is 11.1. The summed E-state index contributed by atoms with van der Waals surface area (Å²) in [7, 11) is -2.46. The molecular formula is C23H29N3O5S2. The number of hydrogen-bond donors (Lipinski definition) is 1. The molecule has 4 rings (SSSR count). The number of carbonyl (C=O) groups is 2. The van der Waals surface area contributed by atoms with Crippen molar-refractivity contribution in [3.63, 3.8) is 0 Å². The van der Waals surface area contributed by atoms with Crippen LogP contribution < -0.4 is 10.2 Å². The normalized spacial score (nSPS) is 17.5. The molecule has 1 N–H and O–H groups in total. The number of nitrogens with zero attached hydrogens (tertiary/aromatic N) is 2. The third-order valence-corrected chi connectivity index (χ3v) is 8.96. The van der Waals surface area contributed by atoms with E-state index in [9.17, 15) is 18.0 Å². The number of carbonyl (C=O) groups excluding carboxylic acids is 2. The number of ether oxygens (including phenoxy) is 1. The Labute approximate surface area is 198 Å². The number of esters is 1. The van der Waals surface area contributed by atoms with Gasteiger partial charge in [0.05, 0.1) is 18.5 Å². The highest BCUT2D eigenvalue weighted by molar-refractivity contribution is 7.89. The zero-order valence-electron chi connectivity index (χ0n) is 18.7. The van der Waals surface area contributed by atoms with E-state index in [2.05, 4.69) is 10.2 Å². The SMILES string of the molecule is COC(=O)c1sccc1NC(=O)c1ccc(N2CCCCC2)c(S(=O)(=O)N2CCCCC2)c1.